The van der Waals surface area contributed by atoms with Crippen molar-refractivity contribution in [3.63, 3.8) is 0 Å². The van der Waals surface area contributed by atoms with Gasteiger partial charge in [0.05, 0.1) is 6.42 Å². The van der Waals surface area contributed by atoms with Gasteiger partial charge in [0, 0.05) is 36.2 Å². The van der Waals surface area contributed by atoms with Crippen molar-refractivity contribution in [2.45, 2.75) is 81.3 Å². The zero-order valence-electron chi connectivity index (χ0n) is 38.1. The molecular formula is C54H54N6O9S. The molecule has 0 saturated carbocycles. The molecule has 5 aromatic carbocycles. The minimum Gasteiger partial charge on any atom is -0.480 e. The van der Waals surface area contributed by atoms with Crippen LogP contribution in [-0.4, -0.2) is 87.9 Å². The number of fused-ring (bicyclic) bond motifs is 18. The van der Waals surface area contributed by atoms with Gasteiger partial charge in [-0.1, -0.05) is 133 Å². The van der Waals surface area contributed by atoms with Gasteiger partial charge < -0.3 is 42.1 Å². The van der Waals surface area contributed by atoms with Crippen LogP contribution >= 0.6 is 11.3 Å². The van der Waals surface area contributed by atoms with E-state index in [1.54, 1.807) is 54.6 Å². The smallest absolute Gasteiger partial charge is 0.326 e. The highest BCUT2D eigenvalue weighted by Crippen LogP contribution is 2.21. The van der Waals surface area contributed by atoms with E-state index >= 15 is 0 Å². The fourth-order valence-corrected chi connectivity index (χ4v) is 8.78. The molecule has 2 aliphatic rings. The topological polar surface area (TPSA) is 232 Å². The SMILES string of the molecule is O=C1C[C@@H](O)C(=O)Nc2ccc(cc2)C[C@H](C(=O)N[C@@H](Cc2ccccc2)C(=O)O)NC(=O)[C@H](CCc2ccccc2)NC(=O)[C@@H](Cc2ccc(-c3ccccc3)cc2)NC(=O)[C@H](Cc2cccs2)N1. The van der Waals surface area contributed by atoms with Crippen molar-refractivity contribution in [3.8, 4) is 11.1 Å². The molecule has 0 aliphatic carbocycles. The second kappa shape index (κ2) is 24.4. The van der Waals surface area contributed by atoms with E-state index in [1.807, 2.05) is 90.3 Å². The first-order chi connectivity index (χ1) is 33.9. The Hall–Kier alpha value is -7.95. The molecule has 16 heteroatoms. The van der Waals surface area contributed by atoms with Crippen molar-refractivity contribution >= 4 is 58.4 Å². The molecule has 15 nitrogen and oxygen atoms in total. The molecule has 6 aromatic rings. The van der Waals surface area contributed by atoms with Crippen LogP contribution < -0.4 is 31.9 Å². The Morgan fingerprint density at radius 1 is 0.586 bits per heavy atom. The number of aliphatic hydroxyl groups excluding tert-OH is 1. The molecule has 2 aliphatic heterocycles. The average Bonchev–Trinajstić information content (AvgIpc) is 3.89. The van der Waals surface area contributed by atoms with Gasteiger partial charge in [0.25, 0.3) is 5.91 Å². The van der Waals surface area contributed by atoms with Crippen molar-refractivity contribution < 1.29 is 43.8 Å². The van der Waals surface area contributed by atoms with Gasteiger partial charge in [-0.25, -0.2) is 4.79 Å². The van der Waals surface area contributed by atoms with Crippen molar-refractivity contribution in [1.29, 1.82) is 0 Å². The summed E-state index contributed by atoms with van der Waals surface area (Å²) in [5.41, 5.74) is 4.82. The van der Waals surface area contributed by atoms with Gasteiger partial charge in [0.2, 0.25) is 29.5 Å². The number of carbonyl (C=O) groups excluding carboxylic acids is 6. The summed E-state index contributed by atoms with van der Waals surface area (Å²) < 4.78 is 0. The fourth-order valence-electron chi connectivity index (χ4n) is 8.03. The zero-order chi connectivity index (χ0) is 49.4. The standard InChI is InChI=1S/C54H54N6O9S/c61-47-33-48(62)56-45(32-41-17-10-28-70-41)52(66)59-43(29-36-18-23-39(24-19-36)38-15-8-3-9-16-38)50(64)57-42(27-22-34-11-4-1-5-12-34)49(63)58-44(30-37-20-25-40(26-21-37)55-53(47)67)51(65)60-46(54(68)69)31-35-13-6-2-7-14-35/h1-21,23-26,28,42-47,61H,22,27,29-33H2,(H,55,67)(H,56,62)(H,57,64)(H,58,63)(H,59,66)(H,60,65)(H,68,69)/t42-,43+,44+,45-,46-,47+/m0/s1. The summed E-state index contributed by atoms with van der Waals surface area (Å²) in [7, 11) is 0. The van der Waals surface area contributed by atoms with Crippen molar-refractivity contribution in [2.24, 2.45) is 0 Å². The van der Waals surface area contributed by atoms with E-state index in [2.05, 4.69) is 31.9 Å². The lowest BCUT2D eigenvalue weighted by molar-refractivity contribution is -0.142. The fraction of sp³-hybridized carbons (Fsp3) is 0.241. The van der Waals surface area contributed by atoms with E-state index < -0.39 is 84.1 Å². The molecule has 6 atom stereocenters. The van der Waals surface area contributed by atoms with Gasteiger partial charge in [-0.15, -0.1) is 11.3 Å². The molecule has 3 heterocycles. The summed E-state index contributed by atoms with van der Waals surface area (Å²) in [4.78, 5) is 98.0. The van der Waals surface area contributed by atoms with Crippen molar-refractivity contribution in [1.82, 2.24) is 26.6 Å². The first kappa shape index (κ1) is 49.9. The molecule has 0 radical (unpaired) electrons. The Kier molecular flexibility index (Phi) is 17.4. The van der Waals surface area contributed by atoms with Gasteiger partial charge in [0.15, 0.2) is 0 Å². The molecule has 0 unspecified atom stereocenters. The Morgan fingerprint density at radius 3 is 1.80 bits per heavy atom. The predicted octanol–water partition coefficient (Wildman–Crippen LogP) is 4.53. The Morgan fingerprint density at radius 2 is 1.17 bits per heavy atom. The summed E-state index contributed by atoms with van der Waals surface area (Å²) >= 11 is 1.35. The maximum atomic E-state index is 14.8. The lowest BCUT2D eigenvalue weighted by Gasteiger charge is -2.27. The average molecular weight is 963 g/mol. The summed E-state index contributed by atoms with van der Waals surface area (Å²) in [6.45, 7) is 0. The van der Waals surface area contributed by atoms with E-state index in [9.17, 15) is 43.8 Å². The molecule has 6 amide bonds. The lowest BCUT2D eigenvalue weighted by Crippen LogP contribution is -2.60. The molecule has 70 heavy (non-hydrogen) atoms. The number of thiophene rings is 1. The van der Waals surface area contributed by atoms with Crippen LogP contribution in [0.25, 0.3) is 11.1 Å². The van der Waals surface area contributed by atoms with Crippen LogP contribution in [0.3, 0.4) is 0 Å². The third-order valence-corrected chi connectivity index (χ3v) is 12.7. The number of hydrogen-bond acceptors (Lipinski definition) is 9. The summed E-state index contributed by atoms with van der Waals surface area (Å²) in [5, 5.41) is 39.2. The number of aliphatic carboxylic acids is 1. The number of anilines is 1. The van der Waals surface area contributed by atoms with Gasteiger partial charge in [-0.3, -0.25) is 28.8 Å². The lowest BCUT2D eigenvalue weighted by atomic mass is 9.98. The van der Waals surface area contributed by atoms with E-state index in [0.29, 0.717) is 23.1 Å². The minimum atomic E-state index is -1.81. The van der Waals surface area contributed by atoms with Crippen LogP contribution in [0, 0.1) is 0 Å². The van der Waals surface area contributed by atoms with Crippen LogP contribution in [0.15, 0.2) is 157 Å². The van der Waals surface area contributed by atoms with E-state index in [4.69, 9.17) is 0 Å². The quantitative estimate of drug-likeness (QED) is 0.0760. The third kappa shape index (κ3) is 14.5. The van der Waals surface area contributed by atoms with E-state index in [0.717, 1.165) is 21.6 Å². The van der Waals surface area contributed by atoms with Crippen LogP contribution in [-0.2, 0) is 65.7 Å². The van der Waals surface area contributed by atoms with Crippen molar-refractivity contribution in [3.05, 3.63) is 184 Å². The van der Waals surface area contributed by atoms with Gasteiger partial charge in [-0.2, -0.15) is 0 Å². The van der Waals surface area contributed by atoms with E-state index in [1.165, 1.54) is 23.5 Å². The van der Waals surface area contributed by atoms with Crippen molar-refractivity contribution in [2.75, 3.05) is 5.32 Å². The monoisotopic (exact) mass is 962 g/mol. The van der Waals surface area contributed by atoms with Crippen LogP contribution in [0.5, 0.6) is 0 Å². The van der Waals surface area contributed by atoms with Crippen LogP contribution in [0.2, 0.25) is 0 Å². The minimum absolute atomic E-state index is 0.0175. The summed E-state index contributed by atoms with van der Waals surface area (Å²) in [6.07, 6.45) is -2.34. The van der Waals surface area contributed by atoms with Crippen LogP contribution in [0.1, 0.15) is 40.0 Å². The maximum absolute atomic E-state index is 14.8. The van der Waals surface area contributed by atoms with Crippen LogP contribution in [0.4, 0.5) is 5.69 Å². The molecule has 360 valence electrons. The van der Waals surface area contributed by atoms with Gasteiger partial charge in [-0.05, 0) is 69.8 Å². The number of aryl methyl sites for hydroxylation is 1. The van der Waals surface area contributed by atoms with Gasteiger partial charge >= 0.3 is 5.97 Å². The highest BCUT2D eigenvalue weighted by molar-refractivity contribution is 7.09. The number of amides is 6. The number of hydrogen-bond donors (Lipinski definition) is 8. The molecule has 1 aromatic heterocycles. The number of carboxylic acids is 1. The highest BCUT2D eigenvalue weighted by atomic mass is 32.1. The summed E-state index contributed by atoms with van der Waals surface area (Å²) in [6, 6.07) is 38.3. The molecule has 0 fully saturated rings. The Balaban J connectivity index is 1.24. The third-order valence-electron chi connectivity index (χ3n) is 11.8. The van der Waals surface area contributed by atoms with Gasteiger partial charge in [0.1, 0.15) is 36.3 Å². The number of nitrogens with one attached hydrogen (secondary N) is 6. The Labute approximate surface area is 409 Å². The second-order valence-electron chi connectivity index (χ2n) is 17.1. The molecule has 8 N–H and O–H groups in total. The maximum Gasteiger partial charge on any atom is 0.326 e. The molecule has 0 saturated heterocycles. The number of carbonyl (C=O) groups is 7. The molecular weight excluding hydrogens is 909 g/mol. The number of carboxylic acid groups (broad SMARTS) is 1. The number of rotatable bonds is 13. The van der Waals surface area contributed by atoms with E-state index in [-0.39, 0.29) is 37.8 Å². The molecule has 8 rings (SSSR count). The number of aliphatic hydroxyl groups is 1. The highest BCUT2D eigenvalue weighted by Gasteiger charge is 2.34. The zero-order valence-corrected chi connectivity index (χ0v) is 38.9. The molecule has 2 bridgehead atoms. The summed E-state index contributed by atoms with van der Waals surface area (Å²) in [5.74, 6) is -6.01. The largest absolute Gasteiger partial charge is 0.480 e. The first-order valence-electron chi connectivity index (χ1n) is 22.9. The second-order valence-corrected chi connectivity index (χ2v) is 18.1. The predicted molar refractivity (Wildman–Crippen MR) is 265 cm³/mol. The number of benzene rings is 5. The Bertz CT molecular complexity index is 2720. The normalized spacial score (nSPS) is 19.8. The first-order valence-corrected chi connectivity index (χ1v) is 23.8. The molecule has 0 spiro atoms.